The zero-order chi connectivity index (χ0) is 13.7. The second kappa shape index (κ2) is 8.27. The second-order valence-corrected chi connectivity index (χ2v) is 5.35. The number of carbonyl (C=O) groups is 1. The Balaban J connectivity index is 0.00000200. The SMILES string of the molecule is Cl.Cn1nc(C2CCCCC2)cc1NC(=O)CCCN. The molecule has 0 spiro atoms. The van der Waals surface area contributed by atoms with Crippen molar-refractivity contribution in [2.45, 2.75) is 50.9 Å². The van der Waals surface area contributed by atoms with Gasteiger partial charge in [-0.05, 0) is 25.8 Å². The minimum absolute atomic E-state index is 0. The fraction of sp³-hybridized carbons (Fsp3) is 0.714. The Kier molecular flexibility index (Phi) is 7.02. The summed E-state index contributed by atoms with van der Waals surface area (Å²) in [6.45, 7) is 0.548. The molecule has 1 aromatic heterocycles. The number of anilines is 1. The van der Waals surface area contributed by atoms with Gasteiger partial charge < -0.3 is 11.1 Å². The molecule has 6 heteroatoms. The Labute approximate surface area is 126 Å². The monoisotopic (exact) mass is 300 g/mol. The number of carbonyl (C=O) groups excluding carboxylic acids is 1. The standard InChI is InChI=1S/C14H24N4O.ClH/c1-18-13(16-14(19)8-5-9-15)10-12(17-18)11-6-3-2-4-7-11;/h10-11H,2-9,15H2,1H3,(H,16,19);1H. The zero-order valence-corrected chi connectivity index (χ0v) is 12.9. The maximum Gasteiger partial charge on any atom is 0.225 e. The number of aromatic nitrogens is 2. The Bertz CT molecular complexity index is 427. The van der Waals surface area contributed by atoms with Gasteiger partial charge in [0.25, 0.3) is 0 Å². The predicted octanol–water partition coefficient (Wildman–Crippen LogP) is 2.57. The lowest BCUT2D eigenvalue weighted by molar-refractivity contribution is -0.116. The Morgan fingerprint density at radius 3 is 2.80 bits per heavy atom. The van der Waals surface area contributed by atoms with Crippen LogP contribution in [-0.4, -0.2) is 22.2 Å². The van der Waals surface area contributed by atoms with Crippen molar-refractivity contribution in [2.24, 2.45) is 12.8 Å². The highest BCUT2D eigenvalue weighted by Gasteiger charge is 2.19. The highest BCUT2D eigenvalue weighted by Crippen LogP contribution is 2.32. The van der Waals surface area contributed by atoms with Crippen LogP contribution in [0.3, 0.4) is 0 Å². The average Bonchev–Trinajstić information content (AvgIpc) is 2.79. The van der Waals surface area contributed by atoms with Crippen LogP contribution in [0.5, 0.6) is 0 Å². The fourth-order valence-corrected chi connectivity index (χ4v) is 2.67. The summed E-state index contributed by atoms with van der Waals surface area (Å²) in [5.41, 5.74) is 6.53. The third-order valence-corrected chi connectivity index (χ3v) is 3.80. The molecular weight excluding hydrogens is 276 g/mol. The van der Waals surface area contributed by atoms with Crippen LogP contribution in [0.4, 0.5) is 5.82 Å². The number of nitrogens with one attached hydrogen (secondary N) is 1. The maximum absolute atomic E-state index is 11.7. The Morgan fingerprint density at radius 2 is 2.15 bits per heavy atom. The minimum atomic E-state index is 0. The van der Waals surface area contributed by atoms with E-state index < -0.39 is 0 Å². The molecule has 20 heavy (non-hydrogen) atoms. The van der Waals surface area contributed by atoms with Gasteiger partial charge in [0.1, 0.15) is 5.82 Å². The molecule has 5 nitrogen and oxygen atoms in total. The number of hydrogen-bond acceptors (Lipinski definition) is 3. The van der Waals surface area contributed by atoms with Crippen LogP contribution < -0.4 is 11.1 Å². The van der Waals surface area contributed by atoms with E-state index in [4.69, 9.17) is 5.73 Å². The first-order valence-electron chi connectivity index (χ1n) is 7.24. The van der Waals surface area contributed by atoms with Gasteiger partial charge in [-0.25, -0.2) is 0 Å². The summed E-state index contributed by atoms with van der Waals surface area (Å²) in [6, 6.07) is 2.02. The van der Waals surface area contributed by atoms with Crippen molar-refractivity contribution in [3.63, 3.8) is 0 Å². The predicted molar refractivity (Wildman–Crippen MR) is 83.2 cm³/mol. The normalized spacial score (nSPS) is 15.7. The number of amides is 1. The molecule has 0 unspecified atom stereocenters. The van der Waals surface area contributed by atoms with Crippen LogP contribution in [0.25, 0.3) is 0 Å². The van der Waals surface area contributed by atoms with Crippen molar-refractivity contribution in [1.82, 2.24) is 9.78 Å². The molecule has 1 saturated carbocycles. The summed E-state index contributed by atoms with van der Waals surface area (Å²) >= 11 is 0. The number of nitrogens with two attached hydrogens (primary N) is 1. The second-order valence-electron chi connectivity index (χ2n) is 5.35. The number of nitrogens with zero attached hydrogens (tertiary/aromatic N) is 2. The largest absolute Gasteiger partial charge is 0.330 e. The van der Waals surface area contributed by atoms with Gasteiger partial charge in [-0.15, -0.1) is 12.4 Å². The molecule has 3 N–H and O–H groups in total. The maximum atomic E-state index is 11.7. The van der Waals surface area contributed by atoms with Crippen LogP contribution in [0.15, 0.2) is 6.07 Å². The average molecular weight is 301 g/mol. The quantitative estimate of drug-likeness (QED) is 0.878. The first-order valence-corrected chi connectivity index (χ1v) is 7.24. The van der Waals surface area contributed by atoms with E-state index in [0.717, 1.165) is 17.9 Å². The highest BCUT2D eigenvalue weighted by molar-refractivity contribution is 5.89. The fourth-order valence-electron chi connectivity index (χ4n) is 2.67. The highest BCUT2D eigenvalue weighted by atomic mass is 35.5. The lowest BCUT2D eigenvalue weighted by atomic mass is 9.87. The van der Waals surface area contributed by atoms with E-state index >= 15 is 0 Å². The topological polar surface area (TPSA) is 72.9 Å². The van der Waals surface area contributed by atoms with Crippen molar-refractivity contribution in [3.8, 4) is 0 Å². The molecule has 114 valence electrons. The van der Waals surface area contributed by atoms with E-state index in [1.54, 1.807) is 4.68 Å². The summed E-state index contributed by atoms with van der Waals surface area (Å²) in [7, 11) is 1.88. The van der Waals surface area contributed by atoms with E-state index in [9.17, 15) is 4.79 Å². The third-order valence-electron chi connectivity index (χ3n) is 3.80. The van der Waals surface area contributed by atoms with Crippen LogP contribution in [0.1, 0.15) is 56.6 Å². The molecule has 0 aliphatic heterocycles. The van der Waals surface area contributed by atoms with Gasteiger partial charge >= 0.3 is 0 Å². The van der Waals surface area contributed by atoms with E-state index in [2.05, 4.69) is 10.4 Å². The number of hydrogen-bond donors (Lipinski definition) is 2. The molecule has 1 heterocycles. The van der Waals surface area contributed by atoms with Crippen LogP contribution in [-0.2, 0) is 11.8 Å². The summed E-state index contributed by atoms with van der Waals surface area (Å²) in [6.07, 6.45) is 7.56. The molecule has 0 aromatic carbocycles. The molecule has 0 atom stereocenters. The van der Waals surface area contributed by atoms with E-state index in [-0.39, 0.29) is 18.3 Å². The van der Waals surface area contributed by atoms with Gasteiger partial charge in [0.05, 0.1) is 5.69 Å². The number of halogens is 1. The van der Waals surface area contributed by atoms with Gasteiger partial charge in [-0.1, -0.05) is 19.3 Å². The van der Waals surface area contributed by atoms with Crippen molar-refractivity contribution in [2.75, 3.05) is 11.9 Å². The molecule has 1 aliphatic carbocycles. The minimum Gasteiger partial charge on any atom is -0.330 e. The molecule has 0 saturated heterocycles. The van der Waals surface area contributed by atoms with Crippen molar-refractivity contribution in [3.05, 3.63) is 11.8 Å². The molecule has 1 amide bonds. The van der Waals surface area contributed by atoms with Gasteiger partial charge in [-0.3, -0.25) is 9.48 Å². The van der Waals surface area contributed by atoms with E-state index in [0.29, 0.717) is 18.9 Å². The first-order chi connectivity index (χ1) is 9.20. The smallest absolute Gasteiger partial charge is 0.225 e. The van der Waals surface area contributed by atoms with Crippen molar-refractivity contribution < 1.29 is 4.79 Å². The zero-order valence-electron chi connectivity index (χ0n) is 12.1. The molecule has 1 aromatic rings. The van der Waals surface area contributed by atoms with Gasteiger partial charge in [-0.2, -0.15) is 5.10 Å². The molecule has 1 fully saturated rings. The van der Waals surface area contributed by atoms with Crippen LogP contribution in [0, 0.1) is 0 Å². The number of aryl methyl sites for hydroxylation is 1. The third kappa shape index (κ3) is 4.49. The Morgan fingerprint density at radius 1 is 1.45 bits per heavy atom. The van der Waals surface area contributed by atoms with Crippen LogP contribution >= 0.6 is 12.4 Å². The van der Waals surface area contributed by atoms with Crippen molar-refractivity contribution >= 4 is 24.1 Å². The molecular formula is C14H25ClN4O. The van der Waals surface area contributed by atoms with E-state index in [1.165, 1.54) is 32.1 Å². The van der Waals surface area contributed by atoms with Crippen LogP contribution in [0.2, 0.25) is 0 Å². The van der Waals surface area contributed by atoms with Gasteiger partial charge in [0.2, 0.25) is 5.91 Å². The summed E-state index contributed by atoms with van der Waals surface area (Å²) in [5.74, 6) is 1.38. The van der Waals surface area contributed by atoms with Gasteiger partial charge in [0, 0.05) is 25.5 Å². The lowest BCUT2D eigenvalue weighted by Crippen LogP contribution is -2.15. The Hall–Kier alpha value is -1.07. The summed E-state index contributed by atoms with van der Waals surface area (Å²) in [4.78, 5) is 11.7. The first kappa shape index (κ1) is 17.0. The molecule has 1 aliphatic rings. The van der Waals surface area contributed by atoms with Crippen molar-refractivity contribution in [1.29, 1.82) is 0 Å². The van der Waals surface area contributed by atoms with E-state index in [1.807, 2.05) is 13.1 Å². The lowest BCUT2D eigenvalue weighted by Gasteiger charge is -2.19. The molecule has 0 radical (unpaired) electrons. The molecule has 2 rings (SSSR count). The van der Waals surface area contributed by atoms with Gasteiger partial charge in [0.15, 0.2) is 0 Å². The molecule has 0 bridgehead atoms. The summed E-state index contributed by atoms with van der Waals surface area (Å²) < 4.78 is 1.77. The number of rotatable bonds is 5. The summed E-state index contributed by atoms with van der Waals surface area (Å²) in [5, 5.41) is 7.46.